The predicted octanol–water partition coefficient (Wildman–Crippen LogP) is 3.66. The van der Waals surface area contributed by atoms with Gasteiger partial charge in [-0.1, -0.05) is 19.4 Å². The number of halogens is 5. The maximum atomic E-state index is 12.5. The molecular weight excluding hydrogens is 305 g/mol. The minimum Gasteiger partial charge on any atom is -0.501 e. The molecule has 0 fully saturated rings. The van der Waals surface area contributed by atoms with Gasteiger partial charge >= 0.3 is 21.9 Å². The second-order valence-electron chi connectivity index (χ2n) is 3.37. The van der Waals surface area contributed by atoms with Crippen LogP contribution in [0.3, 0.4) is 0 Å². The Bertz CT molecular complexity index is 562. The van der Waals surface area contributed by atoms with E-state index in [1.165, 1.54) is 0 Å². The molecule has 0 aliphatic carbocycles. The molecule has 19 heavy (non-hydrogen) atoms. The van der Waals surface area contributed by atoms with Gasteiger partial charge in [-0.25, -0.2) is 4.79 Å². The fraction of sp³-hybridized carbons (Fsp3) is 0. The molecular formula is C7H4F5NO5S. The normalized spacial score (nSPS) is 15.4. The van der Waals surface area contributed by atoms with Gasteiger partial charge in [0.25, 0.3) is 0 Å². The van der Waals surface area contributed by atoms with E-state index in [-0.39, 0.29) is 0 Å². The van der Waals surface area contributed by atoms with Crippen molar-refractivity contribution in [3.63, 3.8) is 0 Å². The number of phenols is 1. The highest BCUT2D eigenvalue weighted by Gasteiger charge is 2.66. The molecule has 0 unspecified atom stereocenters. The summed E-state index contributed by atoms with van der Waals surface area (Å²) in [5.41, 5.74) is -3.42. The predicted molar refractivity (Wildman–Crippen MR) is 53.1 cm³/mol. The van der Waals surface area contributed by atoms with Gasteiger partial charge < -0.3 is 10.2 Å². The molecule has 6 nitrogen and oxygen atoms in total. The van der Waals surface area contributed by atoms with Gasteiger partial charge in [-0.2, -0.15) is 0 Å². The Hall–Kier alpha value is -2.11. The largest absolute Gasteiger partial charge is 0.501 e. The molecule has 12 heteroatoms. The van der Waals surface area contributed by atoms with Crippen LogP contribution in [0.25, 0.3) is 0 Å². The van der Waals surface area contributed by atoms with Crippen molar-refractivity contribution in [1.82, 2.24) is 0 Å². The first-order chi connectivity index (χ1) is 8.13. The third-order valence-corrected chi connectivity index (χ3v) is 3.06. The lowest BCUT2D eigenvalue weighted by Gasteiger charge is -2.40. The average Bonchev–Trinajstić information content (AvgIpc) is 2.12. The summed E-state index contributed by atoms with van der Waals surface area (Å²) < 4.78 is 62.3. The van der Waals surface area contributed by atoms with Gasteiger partial charge in [-0.3, -0.25) is 10.1 Å². The monoisotopic (exact) mass is 309 g/mol. The van der Waals surface area contributed by atoms with Gasteiger partial charge in [0.2, 0.25) is 5.75 Å². The lowest BCUT2D eigenvalue weighted by Crippen LogP contribution is -2.09. The average molecular weight is 309 g/mol. The molecule has 1 aromatic carbocycles. The van der Waals surface area contributed by atoms with E-state index < -0.39 is 55.1 Å². The summed E-state index contributed by atoms with van der Waals surface area (Å²) in [7, 11) is -10.3. The van der Waals surface area contributed by atoms with Gasteiger partial charge in [0, 0.05) is 6.07 Å². The highest BCUT2D eigenvalue weighted by atomic mass is 32.5. The fourth-order valence-corrected chi connectivity index (χ4v) is 1.79. The summed E-state index contributed by atoms with van der Waals surface area (Å²) in [6, 6.07) is -1.16. The first-order valence-electron chi connectivity index (χ1n) is 4.12. The van der Waals surface area contributed by atoms with Crippen LogP contribution in [0.15, 0.2) is 17.0 Å². The Kier molecular flexibility index (Phi) is 2.56. The second-order valence-corrected chi connectivity index (χ2v) is 5.78. The Balaban J connectivity index is 3.83. The summed E-state index contributed by atoms with van der Waals surface area (Å²) in [5.74, 6) is -3.85. The van der Waals surface area contributed by atoms with Gasteiger partial charge in [0.1, 0.15) is 10.5 Å². The Morgan fingerprint density at radius 3 is 2.00 bits per heavy atom. The van der Waals surface area contributed by atoms with E-state index in [0.29, 0.717) is 0 Å². The molecule has 2 N–H and O–H groups in total. The molecule has 0 amide bonds. The summed E-state index contributed by atoms with van der Waals surface area (Å²) in [5, 5.41) is 27.9. The molecule has 0 bridgehead atoms. The number of carboxylic acid groups (broad SMARTS) is 1. The Morgan fingerprint density at radius 2 is 1.68 bits per heavy atom. The van der Waals surface area contributed by atoms with Crippen LogP contribution in [0.1, 0.15) is 10.4 Å². The second kappa shape index (κ2) is 3.26. The molecule has 0 aliphatic rings. The minimum absolute atomic E-state index is 0.549. The van der Waals surface area contributed by atoms with Crippen molar-refractivity contribution < 1.29 is 39.4 Å². The first kappa shape index (κ1) is 14.9. The highest BCUT2D eigenvalue weighted by Crippen LogP contribution is 3.02. The minimum atomic E-state index is -10.3. The molecule has 0 saturated carbocycles. The maximum Gasteiger partial charge on any atom is 0.339 e. The molecule has 0 radical (unpaired) electrons. The molecule has 0 aliphatic heterocycles. The van der Waals surface area contributed by atoms with Crippen molar-refractivity contribution >= 4 is 21.9 Å². The summed E-state index contributed by atoms with van der Waals surface area (Å²) >= 11 is 0. The van der Waals surface area contributed by atoms with Crippen LogP contribution >= 0.6 is 10.2 Å². The number of nitrogens with zero attached hydrogens (tertiary/aromatic N) is 1. The highest BCUT2D eigenvalue weighted by molar-refractivity contribution is 8.45. The topological polar surface area (TPSA) is 101 Å². The molecule has 0 atom stereocenters. The zero-order valence-electron chi connectivity index (χ0n) is 8.52. The van der Waals surface area contributed by atoms with Crippen LogP contribution < -0.4 is 0 Å². The number of rotatable bonds is 3. The number of aromatic hydroxyl groups is 1. The standard InChI is InChI=1S/C7H4F5NO5S/c8-19(9,10,11,12)3-1-4(7(15)16)6(14)5(2-3)13(17)18/h1-2,14H,(H,15,16). The van der Waals surface area contributed by atoms with E-state index in [1.54, 1.807) is 0 Å². The van der Waals surface area contributed by atoms with Crippen molar-refractivity contribution in [3.05, 3.63) is 27.8 Å². The number of nitro benzene ring substituents is 1. The van der Waals surface area contributed by atoms with Crippen molar-refractivity contribution in [1.29, 1.82) is 0 Å². The van der Waals surface area contributed by atoms with Crippen LogP contribution in [-0.2, 0) is 0 Å². The van der Waals surface area contributed by atoms with Crippen molar-refractivity contribution in [2.75, 3.05) is 0 Å². The molecule has 0 heterocycles. The first-order valence-corrected chi connectivity index (χ1v) is 6.07. The lowest BCUT2D eigenvalue weighted by molar-refractivity contribution is -0.386. The molecule has 108 valence electrons. The van der Waals surface area contributed by atoms with Crippen molar-refractivity contribution in [2.45, 2.75) is 4.90 Å². The van der Waals surface area contributed by atoms with Crippen LogP contribution in [-0.4, -0.2) is 21.1 Å². The van der Waals surface area contributed by atoms with Crippen molar-refractivity contribution in [3.8, 4) is 5.75 Å². The summed E-state index contributed by atoms with van der Waals surface area (Å²) in [6.07, 6.45) is 0. The van der Waals surface area contributed by atoms with Gasteiger partial charge in [-0.15, -0.1) is 0 Å². The quantitative estimate of drug-likeness (QED) is 0.504. The van der Waals surface area contributed by atoms with Crippen LogP contribution in [0, 0.1) is 10.1 Å². The summed E-state index contributed by atoms with van der Waals surface area (Å²) in [4.78, 5) is 16.5. The van der Waals surface area contributed by atoms with E-state index >= 15 is 0 Å². The zero-order valence-corrected chi connectivity index (χ0v) is 9.34. The van der Waals surface area contributed by atoms with Gasteiger partial charge in [-0.05, 0) is 6.07 Å². The number of nitro groups is 1. The molecule has 0 saturated heterocycles. The van der Waals surface area contributed by atoms with Crippen LogP contribution in [0.4, 0.5) is 25.1 Å². The smallest absolute Gasteiger partial charge is 0.339 e. The number of benzene rings is 1. The number of hydrogen-bond donors (Lipinski definition) is 2. The molecule has 1 aromatic rings. The molecule has 0 aromatic heterocycles. The SMILES string of the molecule is O=C(O)c1cc(S(F)(F)(F)(F)F)cc([N+](=O)[O-])c1O. The fourth-order valence-electron chi connectivity index (χ4n) is 1.12. The number of carboxylic acids is 1. The van der Waals surface area contributed by atoms with Gasteiger partial charge in [0.05, 0.1) is 4.92 Å². The van der Waals surface area contributed by atoms with Crippen LogP contribution in [0.2, 0.25) is 0 Å². The zero-order chi connectivity index (χ0) is 15.3. The van der Waals surface area contributed by atoms with E-state index in [2.05, 4.69) is 0 Å². The number of carbonyl (C=O) groups is 1. The Morgan fingerprint density at radius 1 is 1.21 bits per heavy atom. The third kappa shape index (κ3) is 3.01. The maximum absolute atomic E-state index is 12.5. The lowest BCUT2D eigenvalue weighted by atomic mass is 10.2. The van der Waals surface area contributed by atoms with E-state index in [0.717, 1.165) is 0 Å². The molecule has 1 rings (SSSR count). The number of aromatic carboxylic acids is 1. The van der Waals surface area contributed by atoms with Crippen LogP contribution in [0.5, 0.6) is 5.75 Å². The third-order valence-electron chi connectivity index (χ3n) is 1.94. The van der Waals surface area contributed by atoms with E-state index in [1.807, 2.05) is 0 Å². The van der Waals surface area contributed by atoms with E-state index in [9.17, 15) is 34.3 Å². The number of hydrogen-bond acceptors (Lipinski definition) is 4. The Labute approximate surface area is 100 Å². The van der Waals surface area contributed by atoms with E-state index in [4.69, 9.17) is 10.2 Å². The molecule has 0 spiro atoms. The van der Waals surface area contributed by atoms with Gasteiger partial charge in [0.15, 0.2) is 0 Å². The summed E-state index contributed by atoms with van der Waals surface area (Å²) in [6.45, 7) is 0. The van der Waals surface area contributed by atoms with Crippen molar-refractivity contribution in [2.24, 2.45) is 0 Å².